The maximum absolute atomic E-state index is 11.2. The topological polar surface area (TPSA) is 75.8 Å². The van der Waals surface area contributed by atoms with Gasteiger partial charge in [0.15, 0.2) is 5.76 Å². The second-order valence-electron chi connectivity index (χ2n) is 10.3. The Balaban J connectivity index is 1.25. The molecular weight excluding hydrogens is 476 g/mol. The van der Waals surface area contributed by atoms with Gasteiger partial charge in [-0.3, -0.25) is 4.79 Å². The minimum atomic E-state index is -0.730. The number of methoxy groups -OCH3 is 1. The minimum absolute atomic E-state index is 0.171. The zero-order valence-corrected chi connectivity index (χ0v) is 22.2. The summed E-state index contributed by atoms with van der Waals surface area (Å²) in [5, 5.41) is 13.5. The van der Waals surface area contributed by atoms with Gasteiger partial charge in [-0.05, 0) is 67.0 Å². The Labute approximate surface area is 223 Å². The van der Waals surface area contributed by atoms with Gasteiger partial charge in [0.2, 0.25) is 0 Å². The number of ether oxygens (including phenoxy) is 1. The number of carbonyl (C=O) groups is 1. The van der Waals surface area contributed by atoms with Crippen molar-refractivity contribution >= 4 is 11.7 Å². The molecule has 38 heavy (non-hydrogen) atoms. The number of carboxylic acid groups (broad SMARTS) is 1. The molecule has 1 aromatic heterocycles. The van der Waals surface area contributed by atoms with Crippen LogP contribution in [0.1, 0.15) is 42.5 Å². The average molecular weight is 511 g/mol. The SMILES string of the molecule is COc1ccc(CCCN(C)c2c(C)noc2-c2ccc(-c3ccc(C4(CC(=O)O)CC4)cc3)cc2)cc1. The lowest BCUT2D eigenvalue weighted by molar-refractivity contribution is -0.137. The van der Waals surface area contributed by atoms with E-state index in [1.165, 1.54) is 5.56 Å². The van der Waals surface area contributed by atoms with E-state index in [1.54, 1.807) is 7.11 Å². The predicted molar refractivity (Wildman–Crippen MR) is 150 cm³/mol. The van der Waals surface area contributed by atoms with E-state index in [1.807, 2.05) is 19.1 Å². The lowest BCUT2D eigenvalue weighted by atomic mass is 9.91. The molecule has 0 unspecified atom stereocenters. The van der Waals surface area contributed by atoms with Gasteiger partial charge in [-0.15, -0.1) is 0 Å². The Morgan fingerprint density at radius 1 is 0.974 bits per heavy atom. The zero-order valence-electron chi connectivity index (χ0n) is 22.2. The number of hydrogen-bond donors (Lipinski definition) is 1. The van der Waals surface area contributed by atoms with Crippen LogP contribution in [0.3, 0.4) is 0 Å². The normalized spacial score (nSPS) is 13.8. The largest absolute Gasteiger partial charge is 0.497 e. The second-order valence-corrected chi connectivity index (χ2v) is 10.3. The Morgan fingerprint density at radius 2 is 1.58 bits per heavy atom. The summed E-state index contributed by atoms with van der Waals surface area (Å²) < 4.78 is 11.0. The fraction of sp³-hybridized carbons (Fsp3) is 0.312. The van der Waals surface area contributed by atoms with Crippen LogP contribution in [0.2, 0.25) is 0 Å². The van der Waals surface area contributed by atoms with Crippen LogP contribution in [0.15, 0.2) is 77.3 Å². The Kier molecular flexibility index (Phi) is 7.23. The van der Waals surface area contributed by atoms with Crippen molar-refractivity contribution in [3.8, 4) is 28.2 Å². The smallest absolute Gasteiger partial charge is 0.304 e. The van der Waals surface area contributed by atoms with Crippen LogP contribution in [0.5, 0.6) is 5.75 Å². The molecule has 1 saturated carbocycles. The third-order valence-electron chi connectivity index (χ3n) is 7.65. The predicted octanol–water partition coefficient (Wildman–Crippen LogP) is 6.90. The number of aliphatic carboxylic acids is 1. The van der Waals surface area contributed by atoms with E-state index in [9.17, 15) is 9.90 Å². The highest BCUT2D eigenvalue weighted by Crippen LogP contribution is 2.51. The number of rotatable bonds is 11. The van der Waals surface area contributed by atoms with E-state index in [-0.39, 0.29) is 11.8 Å². The van der Waals surface area contributed by atoms with E-state index < -0.39 is 5.97 Å². The number of aryl methyl sites for hydroxylation is 2. The lowest BCUT2D eigenvalue weighted by Crippen LogP contribution is -2.20. The molecule has 0 aliphatic heterocycles. The van der Waals surface area contributed by atoms with Crippen molar-refractivity contribution in [1.82, 2.24) is 5.16 Å². The molecule has 196 valence electrons. The van der Waals surface area contributed by atoms with Crippen LogP contribution in [0.25, 0.3) is 22.5 Å². The maximum atomic E-state index is 11.2. The number of aromatic nitrogens is 1. The Morgan fingerprint density at radius 3 is 2.16 bits per heavy atom. The minimum Gasteiger partial charge on any atom is -0.497 e. The van der Waals surface area contributed by atoms with E-state index in [2.05, 4.69) is 77.8 Å². The summed E-state index contributed by atoms with van der Waals surface area (Å²) in [4.78, 5) is 13.5. The molecule has 1 heterocycles. The highest BCUT2D eigenvalue weighted by Gasteiger charge is 2.45. The summed E-state index contributed by atoms with van der Waals surface area (Å²) >= 11 is 0. The molecule has 1 aliphatic rings. The van der Waals surface area contributed by atoms with Crippen molar-refractivity contribution < 1.29 is 19.2 Å². The van der Waals surface area contributed by atoms with Gasteiger partial charge < -0.3 is 19.3 Å². The first-order valence-corrected chi connectivity index (χ1v) is 13.1. The van der Waals surface area contributed by atoms with Gasteiger partial charge in [0, 0.05) is 24.6 Å². The quantitative estimate of drug-likeness (QED) is 0.237. The molecule has 5 rings (SSSR count). The van der Waals surface area contributed by atoms with Crippen LogP contribution in [0.4, 0.5) is 5.69 Å². The number of benzene rings is 3. The number of anilines is 1. The van der Waals surface area contributed by atoms with Crippen LogP contribution in [-0.2, 0) is 16.6 Å². The standard InChI is InChI=1S/C32H34N2O4/c1-22-30(34(2)20-4-5-23-6-16-28(37-3)17-7-23)31(38-33-22)26-10-8-24(9-11-26)25-12-14-27(15-13-25)32(18-19-32)21-29(35)36/h6-17H,4-5,18-21H2,1-3H3,(H,35,36). The van der Waals surface area contributed by atoms with Gasteiger partial charge in [0.1, 0.15) is 17.1 Å². The van der Waals surface area contributed by atoms with Crippen LogP contribution < -0.4 is 9.64 Å². The fourth-order valence-electron chi connectivity index (χ4n) is 5.27. The van der Waals surface area contributed by atoms with Crippen molar-refractivity contribution in [2.75, 3.05) is 25.6 Å². The monoisotopic (exact) mass is 510 g/mol. The molecule has 0 bridgehead atoms. The average Bonchev–Trinajstić information content (AvgIpc) is 3.60. The van der Waals surface area contributed by atoms with Crippen LogP contribution in [-0.4, -0.2) is 36.9 Å². The van der Waals surface area contributed by atoms with Crippen molar-refractivity contribution in [2.24, 2.45) is 0 Å². The Hall–Kier alpha value is -4.06. The van der Waals surface area contributed by atoms with Crippen LogP contribution >= 0.6 is 0 Å². The van der Waals surface area contributed by atoms with Crippen molar-refractivity contribution in [3.63, 3.8) is 0 Å². The third-order valence-corrected chi connectivity index (χ3v) is 7.65. The first-order chi connectivity index (χ1) is 18.4. The molecule has 0 atom stereocenters. The van der Waals surface area contributed by atoms with Crippen molar-refractivity contribution in [3.05, 3.63) is 89.6 Å². The van der Waals surface area contributed by atoms with Crippen molar-refractivity contribution in [2.45, 2.75) is 44.4 Å². The first kappa shape index (κ1) is 25.6. The molecule has 4 aromatic rings. The lowest BCUT2D eigenvalue weighted by Gasteiger charge is -2.19. The molecule has 0 amide bonds. The molecule has 0 saturated heterocycles. The summed E-state index contributed by atoms with van der Waals surface area (Å²) in [6.45, 7) is 2.87. The molecule has 6 nitrogen and oxygen atoms in total. The van der Waals surface area contributed by atoms with Crippen molar-refractivity contribution in [1.29, 1.82) is 0 Å². The molecule has 0 spiro atoms. The summed E-state index contributed by atoms with van der Waals surface area (Å²) in [5.74, 6) is 0.925. The number of hydrogen-bond acceptors (Lipinski definition) is 5. The summed E-state index contributed by atoms with van der Waals surface area (Å²) in [6.07, 6.45) is 4.09. The Bertz CT molecular complexity index is 1390. The van der Waals surface area contributed by atoms with Gasteiger partial charge in [-0.25, -0.2) is 0 Å². The van der Waals surface area contributed by atoms with Gasteiger partial charge in [-0.1, -0.05) is 65.8 Å². The summed E-state index contributed by atoms with van der Waals surface area (Å²) in [6, 6.07) is 24.9. The van der Waals surface area contributed by atoms with E-state index >= 15 is 0 Å². The van der Waals surface area contributed by atoms with Gasteiger partial charge in [-0.2, -0.15) is 0 Å². The van der Waals surface area contributed by atoms with Crippen LogP contribution in [0, 0.1) is 6.92 Å². The zero-order chi connectivity index (χ0) is 26.7. The van der Waals surface area contributed by atoms with E-state index in [0.29, 0.717) is 0 Å². The summed E-state index contributed by atoms with van der Waals surface area (Å²) in [5.41, 5.74) is 7.34. The van der Waals surface area contributed by atoms with Gasteiger partial charge in [0.05, 0.1) is 13.5 Å². The molecule has 1 N–H and O–H groups in total. The number of nitrogens with zero attached hydrogens (tertiary/aromatic N) is 2. The third kappa shape index (κ3) is 5.44. The molecule has 0 radical (unpaired) electrons. The van der Waals surface area contributed by atoms with Gasteiger partial charge in [0.25, 0.3) is 0 Å². The molecule has 1 aliphatic carbocycles. The first-order valence-electron chi connectivity index (χ1n) is 13.1. The molecule has 1 fully saturated rings. The highest BCUT2D eigenvalue weighted by molar-refractivity contribution is 5.77. The summed E-state index contributed by atoms with van der Waals surface area (Å²) in [7, 11) is 3.77. The molecular formula is C32H34N2O4. The number of carboxylic acids is 1. The van der Waals surface area contributed by atoms with Gasteiger partial charge >= 0.3 is 5.97 Å². The fourth-order valence-corrected chi connectivity index (χ4v) is 5.27. The van der Waals surface area contributed by atoms with E-state index in [4.69, 9.17) is 9.26 Å². The molecule has 6 heteroatoms. The second kappa shape index (κ2) is 10.7. The highest BCUT2D eigenvalue weighted by atomic mass is 16.5. The maximum Gasteiger partial charge on any atom is 0.304 e. The molecule has 3 aromatic carbocycles. The van der Waals surface area contributed by atoms with E-state index in [0.717, 1.165) is 77.4 Å².